The molecule has 5 heteroatoms. The van der Waals surface area contributed by atoms with Crippen LogP contribution in [0.2, 0.25) is 0 Å². The summed E-state index contributed by atoms with van der Waals surface area (Å²) in [5.74, 6) is 0.321. The van der Waals surface area contributed by atoms with Gasteiger partial charge in [0.25, 0.3) is 0 Å². The van der Waals surface area contributed by atoms with E-state index in [2.05, 4.69) is 34.5 Å². The summed E-state index contributed by atoms with van der Waals surface area (Å²) in [5, 5.41) is 6.24. The number of anilines is 1. The van der Waals surface area contributed by atoms with E-state index in [1.165, 1.54) is 11.1 Å². The number of nitrogens with zero attached hydrogens (tertiary/aromatic N) is 3. The molecule has 0 spiro atoms. The van der Waals surface area contributed by atoms with Gasteiger partial charge in [0.1, 0.15) is 0 Å². The highest BCUT2D eigenvalue weighted by atomic mass is 32.1. The van der Waals surface area contributed by atoms with Crippen molar-refractivity contribution in [3.8, 4) is 11.3 Å². The molecule has 0 saturated carbocycles. The Hall–Kier alpha value is -1.88. The van der Waals surface area contributed by atoms with E-state index in [1.807, 2.05) is 12.1 Å². The second-order valence-electron chi connectivity index (χ2n) is 3.60. The summed E-state index contributed by atoms with van der Waals surface area (Å²) >= 11 is 1.55. The first kappa shape index (κ1) is 9.35. The Morgan fingerprint density at radius 3 is 2.94 bits per heavy atom. The van der Waals surface area contributed by atoms with E-state index >= 15 is 0 Å². The number of nitrogens with two attached hydrogens (primary N) is 1. The van der Waals surface area contributed by atoms with Crippen LogP contribution in [0.3, 0.4) is 0 Å². The Kier molecular flexibility index (Phi) is 1.94. The number of benzene rings is 1. The van der Waals surface area contributed by atoms with Crippen molar-refractivity contribution in [2.45, 2.75) is 6.92 Å². The van der Waals surface area contributed by atoms with Crippen LogP contribution in [0, 0.1) is 6.92 Å². The van der Waals surface area contributed by atoms with Crippen LogP contribution in [-0.2, 0) is 0 Å². The normalized spacial score (nSPS) is 11.1. The fraction of sp³-hybridized carbons (Fsp3) is 0.0909. The van der Waals surface area contributed by atoms with E-state index in [0.717, 1.165) is 10.7 Å². The van der Waals surface area contributed by atoms with Crippen LogP contribution >= 0.6 is 11.3 Å². The van der Waals surface area contributed by atoms with Gasteiger partial charge in [0.2, 0.25) is 10.9 Å². The molecule has 0 unspecified atom stereocenters. The molecule has 0 bridgehead atoms. The van der Waals surface area contributed by atoms with Crippen LogP contribution in [0.1, 0.15) is 5.56 Å². The standard InChI is InChI=1S/C11H10N4S/c1-7-4-2-3-5-8(7)9-6-16-11-13-10(12)14-15(9)11/h2-6H,1H3,(H2,12,14). The maximum atomic E-state index is 5.58. The molecule has 0 aliphatic rings. The van der Waals surface area contributed by atoms with Gasteiger partial charge in [-0.1, -0.05) is 24.3 Å². The van der Waals surface area contributed by atoms with Crippen LogP contribution in [0.15, 0.2) is 29.6 Å². The van der Waals surface area contributed by atoms with Crippen molar-refractivity contribution in [2.75, 3.05) is 5.73 Å². The van der Waals surface area contributed by atoms with Crippen molar-refractivity contribution in [1.82, 2.24) is 14.6 Å². The summed E-state index contributed by atoms with van der Waals surface area (Å²) in [6, 6.07) is 8.21. The average molecular weight is 230 g/mol. The molecule has 0 radical (unpaired) electrons. The highest BCUT2D eigenvalue weighted by molar-refractivity contribution is 7.15. The zero-order chi connectivity index (χ0) is 11.1. The topological polar surface area (TPSA) is 56.2 Å². The Morgan fingerprint density at radius 1 is 1.31 bits per heavy atom. The summed E-state index contributed by atoms with van der Waals surface area (Å²) in [4.78, 5) is 4.97. The molecule has 16 heavy (non-hydrogen) atoms. The quantitative estimate of drug-likeness (QED) is 0.698. The first-order chi connectivity index (χ1) is 7.75. The van der Waals surface area contributed by atoms with Crippen LogP contribution in [0.25, 0.3) is 16.2 Å². The van der Waals surface area contributed by atoms with Gasteiger partial charge in [-0.3, -0.25) is 0 Å². The second-order valence-corrected chi connectivity index (χ2v) is 4.44. The van der Waals surface area contributed by atoms with Gasteiger partial charge in [0.15, 0.2) is 0 Å². The van der Waals surface area contributed by atoms with Gasteiger partial charge in [-0.15, -0.1) is 16.4 Å². The molecular weight excluding hydrogens is 220 g/mol. The molecule has 0 saturated heterocycles. The van der Waals surface area contributed by atoms with E-state index in [0.29, 0.717) is 5.95 Å². The third kappa shape index (κ3) is 1.29. The minimum absolute atomic E-state index is 0.321. The molecule has 2 N–H and O–H groups in total. The van der Waals surface area contributed by atoms with E-state index in [1.54, 1.807) is 15.9 Å². The van der Waals surface area contributed by atoms with Crippen molar-refractivity contribution < 1.29 is 0 Å². The van der Waals surface area contributed by atoms with Gasteiger partial charge in [0.05, 0.1) is 5.69 Å². The number of aromatic nitrogens is 3. The summed E-state index contributed by atoms with van der Waals surface area (Å²) in [5.41, 5.74) is 9.01. The SMILES string of the molecule is Cc1ccccc1-c1csc2nc(N)nn12. The summed E-state index contributed by atoms with van der Waals surface area (Å²) < 4.78 is 1.79. The molecule has 80 valence electrons. The summed E-state index contributed by atoms with van der Waals surface area (Å²) in [6.45, 7) is 2.08. The average Bonchev–Trinajstić information content (AvgIpc) is 2.78. The third-order valence-electron chi connectivity index (χ3n) is 2.52. The summed E-state index contributed by atoms with van der Waals surface area (Å²) in [7, 11) is 0. The predicted octanol–water partition coefficient (Wildman–Crippen LogP) is 2.35. The van der Waals surface area contributed by atoms with Gasteiger partial charge in [-0.2, -0.15) is 4.98 Å². The molecule has 3 rings (SSSR count). The fourth-order valence-electron chi connectivity index (χ4n) is 1.74. The van der Waals surface area contributed by atoms with Gasteiger partial charge in [-0.25, -0.2) is 4.52 Å². The van der Waals surface area contributed by atoms with Crippen molar-refractivity contribution in [3.05, 3.63) is 35.2 Å². The monoisotopic (exact) mass is 230 g/mol. The molecule has 4 nitrogen and oxygen atoms in total. The number of thiazole rings is 1. The zero-order valence-corrected chi connectivity index (χ0v) is 9.53. The first-order valence-electron chi connectivity index (χ1n) is 4.91. The molecule has 2 heterocycles. The van der Waals surface area contributed by atoms with Crippen LogP contribution in [0.4, 0.5) is 5.95 Å². The van der Waals surface area contributed by atoms with E-state index < -0.39 is 0 Å². The highest BCUT2D eigenvalue weighted by Gasteiger charge is 2.10. The number of nitrogen functional groups attached to an aromatic ring is 1. The van der Waals surface area contributed by atoms with E-state index in [4.69, 9.17) is 5.73 Å². The number of aryl methyl sites for hydroxylation is 1. The van der Waals surface area contributed by atoms with Gasteiger partial charge >= 0.3 is 0 Å². The van der Waals surface area contributed by atoms with Crippen molar-refractivity contribution in [2.24, 2.45) is 0 Å². The molecule has 1 aromatic carbocycles. The van der Waals surface area contributed by atoms with E-state index in [-0.39, 0.29) is 0 Å². The molecule has 0 aliphatic carbocycles. The Labute approximate surface area is 96.4 Å². The molecule has 0 amide bonds. The first-order valence-corrected chi connectivity index (χ1v) is 5.79. The van der Waals surface area contributed by atoms with Gasteiger partial charge < -0.3 is 5.73 Å². The molecule has 3 aromatic rings. The lowest BCUT2D eigenvalue weighted by molar-refractivity contribution is 0.991. The number of hydrogen-bond acceptors (Lipinski definition) is 4. The lowest BCUT2D eigenvalue weighted by Gasteiger charge is -2.02. The molecule has 2 aromatic heterocycles. The number of fused-ring (bicyclic) bond motifs is 1. The predicted molar refractivity (Wildman–Crippen MR) is 65.4 cm³/mol. The molecule has 0 fully saturated rings. The smallest absolute Gasteiger partial charge is 0.241 e. The maximum Gasteiger partial charge on any atom is 0.241 e. The summed E-state index contributed by atoms with van der Waals surface area (Å²) in [6.07, 6.45) is 0. The van der Waals surface area contributed by atoms with E-state index in [9.17, 15) is 0 Å². The van der Waals surface area contributed by atoms with Gasteiger partial charge in [0, 0.05) is 10.9 Å². The largest absolute Gasteiger partial charge is 0.366 e. The second kappa shape index (κ2) is 3.31. The Morgan fingerprint density at radius 2 is 2.12 bits per heavy atom. The molecular formula is C11H10N4S. The lowest BCUT2D eigenvalue weighted by atomic mass is 10.1. The fourth-order valence-corrected chi connectivity index (χ4v) is 2.57. The van der Waals surface area contributed by atoms with Gasteiger partial charge in [-0.05, 0) is 12.5 Å². The number of rotatable bonds is 1. The van der Waals surface area contributed by atoms with Crippen LogP contribution in [0.5, 0.6) is 0 Å². The Bertz CT molecular complexity index is 653. The van der Waals surface area contributed by atoms with Crippen LogP contribution in [-0.4, -0.2) is 14.6 Å². The minimum Gasteiger partial charge on any atom is -0.366 e. The minimum atomic E-state index is 0.321. The van der Waals surface area contributed by atoms with Crippen LogP contribution < -0.4 is 5.73 Å². The zero-order valence-electron chi connectivity index (χ0n) is 8.71. The van der Waals surface area contributed by atoms with Crippen molar-refractivity contribution >= 4 is 22.2 Å². The Balaban J connectivity index is 2.30. The van der Waals surface area contributed by atoms with Crippen molar-refractivity contribution in [3.63, 3.8) is 0 Å². The maximum absolute atomic E-state index is 5.58. The molecule has 0 atom stereocenters. The number of hydrogen-bond donors (Lipinski definition) is 1. The van der Waals surface area contributed by atoms with Crippen molar-refractivity contribution in [1.29, 1.82) is 0 Å². The lowest BCUT2D eigenvalue weighted by Crippen LogP contribution is -1.92. The third-order valence-corrected chi connectivity index (χ3v) is 3.34. The highest BCUT2D eigenvalue weighted by Crippen LogP contribution is 2.27. The molecule has 0 aliphatic heterocycles.